The van der Waals surface area contributed by atoms with Crippen LogP contribution < -0.4 is 10.6 Å². The lowest BCUT2D eigenvalue weighted by atomic mass is 9.96. The Hall–Kier alpha value is -0.310. The van der Waals surface area contributed by atoms with Gasteiger partial charge in [-0.1, -0.05) is 26.2 Å². The summed E-state index contributed by atoms with van der Waals surface area (Å²) in [6, 6.07) is 1.26. The van der Waals surface area contributed by atoms with Crippen molar-refractivity contribution in [2.24, 2.45) is 5.92 Å². The van der Waals surface area contributed by atoms with E-state index in [0.29, 0.717) is 12.1 Å². The average Bonchev–Trinajstić information content (AvgIpc) is 2.65. The van der Waals surface area contributed by atoms with E-state index in [-0.39, 0.29) is 0 Å². The van der Waals surface area contributed by atoms with Gasteiger partial charge in [-0.3, -0.25) is 0 Å². The Bertz CT molecular complexity index is 227. The first-order valence-electron chi connectivity index (χ1n) is 6.81. The molecule has 0 aromatic carbocycles. The molecule has 92 valence electrons. The third-order valence-electron chi connectivity index (χ3n) is 3.97. The molecule has 2 aliphatic rings. The molecule has 0 radical (unpaired) electrons. The molecule has 2 fully saturated rings. The van der Waals surface area contributed by atoms with Gasteiger partial charge in [0.2, 0.25) is 0 Å². The summed E-state index contributed by atoms with van der Waals surface area (Å²) in [6.45, 7) is 2.33. The summed E-state index contributed by atoms with van der Waals surface area (Å²) in [4.78, 5) is 0. The summed E-state index contributed by atoms with van der Waals surface area (Å²) in [5.74, 6) is 0.870. The molecule has 0 aromatic rings. The van der Waals surface area contributed by atoms with Crippen LogP contribution in [0.3, 0.4) is 0 Å². The van der Waals surface area contributed by atoms with Gasteiger partial charge in [-0.15, -0.1) is 0 Å². The molecule has 2 saturated carbocycles. The predicted molar refractivity (Wildman–Crippen MR) is 72.5 cm³/mol. The Morgan fingerprint density at radius 1 is 0.938 bits per heavy atom. The van der Waals surface area contributed by atoms with Crippen molar-refractivity contribution >= 4 is 17.3 Å². The van der Waals surface area contributed by atoms with E-state index < -0.39 is 0 Å². The topological polar surface area (TPSA) is 24.1 Å². The van der Waals surface area contributed by atoms with Crippen LogP contribution in [0, 0.1) is 5.92 Å². The third-order valence-corrected chi connectivity index (χ3v) is 4.21. The fourth-order valence-corrected chi connectivity index (χ4v) is 3.33. The number of nitrogens with one attached hydrogen (secondary N) is 2. The van der Waals surface area contributed by atoms with Gasteiger partial charge < -0.3 is 10.6 Å². The minimum absolute atomic E-state index is 0.624. The van der Waals surface area contributed by atoms with Crippen LogP contribution in [0.4, 0.5) is 0 Å². The van der Waals surface area contributed by atoms with Crippen LogP contribution in [-0.4, -0.2) is 17.2 Å². The molecule has 2 atom stereocenters. The van der Waals surface area contributed by atoms with E-state index in [9.17, 15) is 0 Å². The van der Waals surface area contributed by atoms with Crippen LogP contribution in [0.1, 0.15) is 58.3 Å². The fraction of sp³-hybridized carbons (Fsp3) is 0.923. The summed E-state index contributed by atoms with van der Waals surface area (Å²) in [5, 5.41) is 7.85. The largest absolute Gasteiger partial charge is 0.360 e. The normalized spacial score (nSPS) is 31.3. The van der Waals surface area contributed by atoms with E-state index in [1.54, 1.807) is 0 Å². The van der Waals surface area contributed by atoms with Crippen molar-refractivity contribution in [2.75, 3.05) is 0 Å². The standard InChI is InChI=1S/C13H24N2S/c1-10-7-8-12(9-10)15-13(16)14-11-5-3-2-4-6-11/h10-12H,2-9H2,1H3,(H2,14,15,16). The number of thiocarbonyl (C=S) groups is 1. The van der Waals surface area contributed by atoms with Crippen LogP contribution in [0.25, 0.3) is 0 Å². The molecule has 2 N–H and O–H groups in total. The van der Waals surface area contributed by atoms with E-state index in [4.69, 9.17) is 12.2 Å². The molecule has 0 heterocycles. The van der Waals surface area contributed by atoms with Crippen LogP contribution in [-0.2, 0) is 0 Å². The lowest BCUT2D eigenvalue weighted by molar-refractivity contribution is 0.410. The van der Waals surface area contributed by atoms with Gasteiger partial charge in [-0.2, -0.15) is 0 Å². The molecule has 0 amide bonds. The van der Waals surface area contributed by atoms with Gasteiger partial charge >= 0.3 is 0 Å². The average molecular weight is 240 g/mol. The van der Waals surface area contributed by atoms with Crippen molar-refractivity contribution < 1.29 is 0 Å². The summed E-state index contributed by atoms with van der Waals surface area (Å²) in [5.41, 5.74) is 0. The highest BCUT2D eigenvalue weighted by Crippen LogP contribution is 2.24. The molecule has 0 spiro atoms. The minimum Gasteiger partial charge on any atom is -0.360 e. The summed E-state index contributed by atoms with van der Waals surface area (Å²) >= 11 is 5.39. The Morgan fingerprint density at radius 3 is 2.25 bits per heavy atom. The second-order valence-corrected chi connectivity index (χ2v) is 5.98. The molecule has 0 saturated heterocycles. The van der Waals surface area contributed by atoms with Gasteiger partial charge in [0, 0.05) is 12.1 Å². The highest BCUT2D eigenvalue weighted by atomic mass is 32.1. The van der Waals surface area contributed by atoms with Crippen molar-refractivity contribution in [1.82, 2.24) is 10.6 Å². The monoisotopic (exact) mass is 240 g/mol. The second-order valence-electron chi connectivity index (χ2n) is 5.57. The lowest BCUT2D eigenvalue weighted by Crippen LogP contribution is -2.45. The molecular weight excluding hydrogens is 216 g/mol. The van der Waals surface area contributed by atoms with Crippen molar-refractivity contribution in [2.45, 2.75) is 70.4 Å². The van der Waals surface area contributed by atoms with E-state index in [2.05, 4.69) is 17.6 Å². The minimum atomic E-state index is 0.624. The molecule has 0 aromatic heterocycles. The predicted octanol–water partition coefficient (Wildman–Crippen LogP) is 2.97. The molecule has 0 aliphatic heterocycles. The van der Waals surface area contributed by atoms with Gasteiger partial charge in [0.25, 0.3) is 0 Å². The summed E-state index contributed by atoms with van der Waals surface area (Å²) < 4.78 is 0. The van der Waals surface area contributed by atoms with Crippen molar-refractivity contribution in [1.29, 1.82) is 0 Å². The Labute approximate surface area is 105 Å². The second kappa shape index (κ2) is 5.85. The first kappa shape index (κ1) is 12.2. The zero-order valence-corrected chi connectivity index (χ0v) is 11.1. The lowest BCUT2D eigenvalue weighted by Gasteiger charge is -2.25. The van der Waals surface area contributed by atoms with Gasteiger partial charge in [-0.25, -0.2) is 0 Å². The molecular formula is C13H24N2S. The van der Waals surface area contributed by atoms with Gasteiger partial charge in [0.1, 0.15) is 0 Å². The van der Waals surface area contributed by atoms with Crippen molar-refractivity contribution in [3.63, 3.8) is 0 Å². The first-order chi connectivity index (χ1) is 7.74. The van der Waals surface area contributed by atoms with E-state index in [0.717, 1.165) is 11.0 Å². The van der Waals surface area contributed by atoms with Crippen molar-refractivity contribution in [3.05, 3.63) is 0 Å². The molecule has 16 heavy (non-hydrogen) atoms. The molecule has 2 aliphatic carbocycles. The Kier molecular flexibility index (Phi) is 4.45. The van der Waals surface area contributed by atoms with Crippen LogP contribution in [0.15, 0.2) is 0 Å². The van der Waals surface area contributed by atoms with E-state index in [1.165, 1.54) is 51.4 Å². The highest BCUT2D eigenvalue weighted by Gasteiger charge is 2.22. The molecule has 0 bridgehead atoms. The maximum absolute atomic E-state index is 5.39. The zero-order chi connectivity index (χ0) is 11.4. The maximum Gasteiger partial charge on any atom is 0.166 e. The zero-order valence-electron chi connectivity index (χ0n) is 10.3. The van der Waals surface area contributed by atoms with Crippen LogP contribution in [0.5, 0.6) is 0 Å². The number of rotatable bonds is 2. The summed E-state index contributed by atoms with van der Waals surface area (Å²) in [7, 11) is 0. The highest BCUT2D eigenvalue weighted by molar-refractivity contribution is 7.80. The van der Waals surface area contributed by atoms with Crippen LogP contribution >= 0.6 is 12.2 Å². The maximum atomic E-state index is 5.39. The van der Waals surface area contributed by atoms with E-state index in [1.807, 2.05) is 0 Å². The molecule has 2 nitrogen and oxygen atoms in total. The van der Waals surface area contributed by atoms with Gasteiger partial charge in [0.05, 0.1) is 0 Å². The third kappa shape index (κ3) is 3.62. The quantitative estimate of drug-likeness (QED) is 0.726. The smallest absolute Gasteiger partial charge is 0.166 e. The summed E-state index contributed by atoms with van der Waals surface area (Å²) in [6.07, 6.45) is 10.6. The molecule has 2 rings (SSSR count). The van der Waals surface area contributed by atoms with Crippen molar-refractivity contribution in [3.8, 4) is 0 Å². The first-order valence-corrected chi connectivity index (χ1v) is 7.22. The van der Waals surface area contributed by atoms with Gasteiger partial charge in [-0.05, 0) is 50.2 Å². The van der Waals surface area contributed by atoms with Gasteiger partial charge in [0.15, 0.2) is 5.11 Å². The fourth-order valence-electron chi connectivity index (χ4n) is 3.00. The Morgan fingerprint density at radius 2 is 1.62 bits per heavy atom. The van der Waals surface area contributed by atoms with Crippen LogP contribution in [0.2, 0.25) is 0 Å². The van der Waals surface area contributed by atoms with E-state index >= 15 is 0 Å². The number of hydrogen-bond acceptors (Lipinski definition) is 1. The SMILES string of the molecule is CC1CCC(NC(=S)NC2CCCCC2)C1. The number of hydrogen-bond donors (Lipinski definition) is 2. The molecule has 2 unspecified atom stereocenters. The Balaban J connectivity index is 1.67. The molecule has 3 heteroatoms.